The summed E-state index contributed by atoms with van der Waals surface area (Å²) in [7, 11) is 0. The van der Waals surface area contributed by atoms with E-state index in [4.69, 9.17) is 4.74 Å². The number of hydrogen-bond acceptors (Lipinski definition) is 4. The Balaban J connectivity index is 1.45. The Morgan fingerprint density at radius 3 is 1.25 bits per heavy atom. The average molecular weight is 503 g/mol. The molecule has 0 aromatic heterocycles. The van der Waals surface area contributed by atoms with Gasteiger partial charge in [-0.3, -0.25) is 0 Å². The Kier molecular flexibility index (Phi) is 5.27. The second-order valence-corrected chi connectivity index (χ2v) is 8.11. The van der Waals surface area contributed by atoms with Gasteiger partial charge in [0.15, 0.2) is 11.5 Å². The maximum atomic E-state index is 12.9. The predicted molar refractivity (Wildman–Crippen MR) is 120 cm³/mol. The van der Waals surface area contributed by atoms with Crippen molar-refractivity contribution >= 4 is 11.4 Å². The Labute approximate surface area is 200 Å². The smallest absolute Gasteiger partial charge is 0.419 e. The summed E-state index contributed by atoms with van der Waals surface area (Å²) in [5, 5.41) is 22.8. The molecule has 0 atom stereocenters. The summed E-state index contributed by atoms with van der Waals surface area (Å²) in [6.45, 7) is 0. The second kappa shape index (κ2) is 8.11. The van der Waals surface area contributed by atoms with Crippen LogP contribution in [0.4, 0.5) is 37.7 Å². The molecule has 0 saturated carbocycles. The Bertz CT molecular complexity index is 1380. The van der Waals surface area contributed by atoms with E-state index in [9.17, 15) is 36.6 Å². The zero-order valence-electron chi connectivity index (χ0n) is 18.0. The highest BCUT2D eigenvalue weighted by Crippen LogP contribution is 2.46. The van der Waals surface area contributed by atoms with Crippen molar-refractivity contribution in [2.45, 2.75) is 12.4 Å². The van der Waals surface area contributed by atoms with Gasteiger partial charge in [-0.2, -0.15) is 26.3 Å². The molecule has 10 heteroatoms. The summed E-state index contributed by atoms with van der Waals surface area (Å²) in [4.78, 5) is 0. The van der Waals surface area contributed by atoms with Crippen molar-refractivity contribution in [3.8, 4) is 45.3 Å². The fourth-order valence-electron chi connectivity index (χ4n) is 3.96. The van der Waals surface area contributed by atoms with Crippen LogP contribution in [-0.4, -0.2) is 10.2 Å². The van der Waals surface area contributed by atoms with E-state index in [1.807, 2.05) is 0 Å². The number of fused-ring (bicyclic) bond motifs is 2. The fourth-order valence-corrected chi connectivity index (χ4v) is 3.96. The lowest BCUT2D eigenvalue weighted by atomic mass is 10.00. The molecule has 184 valence electrons. The largest absolute Gasteiger partial charge is 0.507 e. The van der Waals surface area contributed by atoms with Gasteiger partial charge in [0.1, 0.15) is 11.5 Å². The Hall–Kier alpha value is -4.34. The fraction of sp³-hybridized carbons (Fsp3) is 0.0769. The Morgan fingerprint density at radius 1 is 0.528 bits per heavy atom. The summed E-state index contributed by atoms with van der Waals surface area (Å²) in [5.74, 6) is -0.891. The predicted octanol–water partition coefficient (Wildman–Crippen LogP) is 8.32. The number of phenolic OH excluding ortho intramolecular Hbond substituents is 2. The zero-order valence-corrected chi connectivity index (χ0v) is 18.0. The van der Waals surface area contributed by atoms with Gasteiger partial charge in [-0.05, 0) is 70.8 Å². The average Bonchev–Trinajstić information content (AvgIpc) is 2.80. The van der Waals surface area contributed by atoms with Crippen LogP contribution in [0.5, 0.6) is 23.0 Å². The van der Waals surface area contributed by atoms with Gasteiger partial charge in [-0.15, -0.1) is 0 Å². The van der Waals surface area contributed by atoms with E-state index in [-0.39, 0.29) is 0 Å². The topological polar surface area (TPSA) is 61.7 Å². The van der Waals surface area contributed by atoms with Crippen LogP contribution in [0.15, 0.2) is 72.8 Å². The van der Waals surface area contributed by atoms with E-state index in [0.717, 1.165) is 24.3 Å². The SMILES string of the molecule is Oc1cc(-c2ccc3c(c2)Nc2cc(-c4ccc(C(F)(F)F)c(O)c4)ccc2O3)ccc1C(F)(F)F. The number of nitrogens with one attached hydrogen (secondary N) is 1. The van der Waals surface area contributed by atoms with Gasteiger partial charge in [-0.25, -0.2) is 0 Å². The molecule has 0 radical (unpaired) electrons. The van der Waals surface area contributed by atoms with Gasteiger partial charge in [0, 0.05) is 0 Å². The number of alkyl halides is 6. The van der Waals surface area contributed by atoms with E-state index >= 15 is 0 Å². The van der Waals surface area contributed by atoms with Crippen molar-refractivity contribution in [3.05, 3.63) is 83.9 Å². The molecular weight excluding hydrogens is 488 g/mol. The summed E-state index contributed by atoms with van der Waals surface area (Å²) >= 11 is 0. The first-order valence-corrected chi connectivity index (χ1v) is 10.4. The van der Waals surface area contributed by atoms with Crippen LogP contribution >= 0.6 is 0 Å². The second-order valence-electron chi connectivity index (χ2n) is 8.11. The first-order chi connectivity index (χ1) is 16.9. The van der Waals surface area contributed by atoms with E-state index in [1.165, 1.54) is 12.1 Å². The molecule has 4 nitrogen and oxygen atoms in total. The van der Waals surface area contributed by atoms with Crippen molar-refractivity contribution < 1.29 is 41.3 Å². The van der Waals surface area contributed by atoms with Crippen molar-refractivity contribution in [1.82, 2.24) is 0 Å². The molecule has 0 aliphatic carbocycles. The molecule has 0 fully saturated rings. The van der Waals surface area contributed by atoms with E-state index < -0.39 is 35.0 Å². The lowest BCUT2D eigenvalue weighted by molar-refractivity contribution is -0.139. The number of rotatable bonds is 2. The minimum absolute atomic E-state index is 0.352. The van der Waals surface area contributed by atoms with Crippen LogP contribution in [-0.2, 0) is 12.4 Å². The van der Waals surface area contributed by atoms with E-state index in [1.54, 1.807) is 36.4 Å². The van der Waals surface area contributed by atoms with Crippen LogP contribution in [0.3, 0.4) is 0 Å². The van der Waals surface area contributed by atoms with Crippen LogP contribution in [0.25, 0.3) is 22.3 Å². The van der Waals surface area contributed by atoms with Crippen LogP contribution in [0.1, 0.15) is 11.1 Å². The number of hydrogen-bond donors (Lipinski definition) is 3. The first-order valence-electron chi connectivity index (χ1n) is 10.4. The van der Waals surface area contributed by atoms with Crippen LogP contribution in [0.2, 0.25) is 0 Å². The third kappa shape index (κ3) is 4.26. The molecule has 4 aromatic rings. The molecule has 0 spiro atoms. The highest BCUT2D eigenvalue weighted by Gasteiger charge is 2.34. The third-order valence-electron chi connectivity index (χ3n) is 5.72. The molecule has 36 heavy (non-hydrogen) atoms. The standard InChI is InChI=1S/C26H15F6NO3/c27-25(28,29)17-5-1-15(11-21(17)34)13-3-7-23-19(9-13)33-20-10-14(4-8-24(20)36-23)16-2-6-18(22(35)12-16)26(30,31)32/h1-12,33-35H. The minimum atomic E-state index is -4.68. The van der Waals surface area contributed by atoms with Crippen LogP contribution < -0.4 is 10.1 Å². The molecule has 1 aliphatic rings. The van der Waals surface area contributed by atoms with Crippen molar-refractivity contribution in [2.24, 2.45) is 0 Å². The molecule has 1 heterocycles. The van der Waals surface area contributed by atoms with Gasteiger partial charge in [0.25, 0.3) is 0 Å². The van der Waals surface area contributed by atoms with E-state index in [0.29, 0.717) is 45.1 Å². The van der Waals surface area contributed by atoms with Crippen molar-refractivity contribution in [3.63, 3.8) is 0 Å². The van der Waals surface area contributed by atoms with Gasteiger partial charge in [-0.1, -0.05) is 24.3 Å². The molecule has 1 aliphatic heterocycles. The number of ether oxygens (including phenoxy) is 1. The number of halogens is 6. The van der Waals surface area contributed by atoms with Crippen molar-refractivity contribution in [2.75, 3.05) is 5.32 Å². The lowest BCUT2D eigenvalue weighted by Gasteiger charge is -2.23. The van der Waals surface area contributed by atoms with Gasteiger partial charge < -0.3 is 20.3 Å². The van der Waals surface area contributed by atoms with Crippen LogP contribution in [0, 0.1) is 0 Å². The van der Waals surface area contributed by atoms with Gasteiger partial charge in [0.2, 0.25) is 0 Å². The third-order valence-corrected chi connectivity index (χ3v) is 5.72. The molecule has 5 rings (SSSR count). The zero-order chi connectivity index (χ0) is 25.8. The highest BCUT2D eigenvalue weighted by molar-refractivity contribution is 5.83. The maximum Gasteiger partial charge on any atom is 0.419 e. The first kappa shape index (κ1) is 23.4. The van der Waals surface area contributed by atoms with Crippen molar-refractivity contribution in [1.29, 1.82) is 0 Å². The quantitative estimate of drug-likeness (QED) is 0.212. The summed E-state index contributed by atoms with van der Waals surface area (Å²) in [5.41, 5.74) is 0.443. The number of phenols is 2. The maximum absolute atomic E-state index is 12.9. The molecule has 3 N–H and O–H groups in total. The lowest BCUT2D eigenvalue weighted by Crippen LogP contribution is -2.05. The normalized spacial score (nSPS) is 12.8. The molecule has 4 aromatic carbocycles. The molecule has 0 unspecified atom stereocenters. The summed E-state index contributed by atoms with van der Waals surface area (Å²) in [6.07, 6.45) is -9.36. The van der Waals surface area contributed by atoms with E-state index in [2.05, 4.69) is 5.32 Å². The number of benzene rings is 4. The summed E-state index contributed by atoms with van der Waals surface area (Å²) < 4.78 is 83.6. The minimum Gasteiger partial charge on any atom is -0.507 e. The Morgan fingerprint density at radius 2 is 0.889 bits per heavy atom. The highest BCUT2D eigenvalue weighted by atomic mass is 19.4. The number of aromatic hydroxyl groups is 2. The van der Waals surface area contributed by atoms with Gasteiger partial charge >= 0.3 is 12.4 Å². The molecule has 0 saturated heterocycles. The molecule has 0 amide bonds. The molecular formula is C26H15F6NO3. The monoisotopic (exact) mass is 503 g/mol. The van der Waals surface area contributed by atoms with Gasteiger partial charge in [0.05, 0.1) is 22.5 Å². The summed E-state index contributed by atoms with van der Waals surface area (Å²) in [6, 6.07) is 15.9. The molecule has 0 bridgehead atoms. The number of anilines is 2.